The molecule has 102 valence electrons. The van der Waals surface area contributed by atoms with Crippen LogP contribution in [0, 0.1) is 12.8 Å². The zero-order valence-electron chi connectivity index (χ0n) is 11.1. The lowest BCUT2D eigenvalue weighted by Crippen LogP contribution is -2.15. The number of hydrogen-bond acceptors (Lipinski definition) is 6. The number of thiophene rings is 1. The number of nitrogens with one attached hydrogen (secondary N) is 1. The summed E-state index contributed by atoms with van der Waals surface area (Å²) < 4.78 is 5.82. The highest BCUT2D eigenvalue weighted by atomic mass is 32.1. The van der Waals surface area contributed by atoms with Gasteiger partial charge in [0.2, 0.25) is 0 Å². The summed E-state index contributed by atoms with van der Waals surface area (Å²) in [6, 6.07) is 2.06. The predicted molar refractivity (Wildman–Crippen MR) is 77.1 cm³/mol. The molecule has 3 N–H and O–H groups in total. The van der Waals surface area contributed by atoms with Crippen molar-refractivity contribution in [3.8, 4) is 0 Å². The molecule has 0 spiro atoms. The number of nitrogen functional groups attached to an aromatic ring is 1. The van der Waals surface area contributed by atoms with E-state index in [1.807, 2.05) is 6.92 Å². The first-order valence-electron chi connectivity index (χ1n) is 6.59. The van der Waals surface area contributed by atoms with E-state index in [2.05, 4.69) is 28.4 Å². The molecule has 1 aliphatic rings. The summed E-state index contributed by atoms with van der Waals surface area (Å²) in [5.41, 5.74) is 2.68. The van der Waals surface area contributed by atoms with Crippen LogP contribution in [0.4, 0.5) is 5.82 Å². The first-order chi connectivity index (χ1) is 9.22. The van der Waals surface area contributed by atoms with Gasteiger partial charge < -0.3 is 10.2 Å². The Bertz CT molecular complexity index is 594. The number of aromatic nitrogens is 2. The second-order valence-corrected chi connectivity index (χ2v) is 6.10. The highest BCUT2D eigenvalue weighted by Gasteiger charge is 2.35. The molecule has 6 heteroatoms. The summed E-state index contributed by atoms with van der Waals surface area (Å²) in [6.45, 7) is 4.75. The quantitative estimate of drug-likeness (QED) is 0.650. The third-order valence-corrected chi connectivity index (χ3v) is 4.27. The number of hydrogen-bond donors (Lipinski definition) is 2. The average molecular weight is 278 g/mol. The number of hydrazine groups is 1. The molecule has 3 rings (SSSR count). The van der Waals surface area contributed by atoms with Crippen LogP contribution in [0.1, 0.15) is 36.6 Å². The van der Waals surface area contributed by atoms with Gasteiger partial charge in [0.05, 0.1) is 5.39 Å². The molecular weight excluding hydrogens is 260 g/mol. The van der Waals surface area contributed by atoms with Crippen molar-refractivity contribution in [2.45, 2.75) is 32.8 Å². The Morgan fingerprint density at radius 3 is 2.95 bits per heavy atom. The smallest absolute Gasteiger partial charge is 0.161 e. The van der Waals surface area contributed by atoms with Gasteiger partial charge in [-0.15, -0.1) is 11.3 Å². The Labute approximate surface area is 116 Å². The SMILES string of the molecule is CCOC(c1nc(NN)c2cc(C)sc2n1)C1CC1. The molecule has 1 atom stereocenters. The van der Waals surface area contributed by atoms with Crippen LogP contribution in [0.25, 0.3) is 10.2 Å². The van der Waals surface area contributed by atoms with Crippen LogP contribution in [-0.4, -0.2) is 16.6 Å². The first kappa shape index (κ1) is 12.8. The molecule has 0 aliphatic heterocycles. The maximum atomic E-state index is 5.82. The summed E-state index contributed by atoms with van der Waals surface area (Å²) in [5.74, 6) is 7.59. The van der Waals surface area contributed by atoms with E-state index in [9.17, 15) is 0 Å². The van der Waals surface area contributed by atoms with Gasteiger partial charge in [0.25, 0.3) is 0 Å². The third-order valence-electron chi connectivity index (χ3n) is 3.32. The van der Waals surface area contributed by atoms with E-state index in [0.717, 1.165) is 16.0 Å². The van der Waals surface area contributed by atoms with E-state index in [1.165, 1.54) is 17.7 Å². The molecule has 2 heterocycles. The van der Waals surface area contributed by atoms with Crippen LogP contribution >= 0.6 is 11.3 Å². The highest BCUT2D eigenvalue weighted by molar-refractivity contribution is 7.18. The Morgan fingerprint density at radius 2 is 2.32 bits per heavy atom. The average Bonchev–Trinajstić information content (AvgIpc) is 3.16. The molecule has 0 amide bonds. The van der Waals surface area contributed by atoms with Gasteiger partial charge in [-0.25, -0.2) is 15.8 Å². The summed E-state index contributed by atoms with van der Waals surface area (Å²) in [4.78, 5) is 11.4. The van der Waals surface area contributed by atoms with Gasteiger partial charge in [0.15, 0.2) is 11.6 Å². The molecule has 0 aromatic carbocycles. The Hall–Kier alpha value is -1.24. The van der Waals surface area contributed by atoms with Crippen LogP contribution in [0.5, 0.6) is 0 Å². The summed E-state index contributed by atoms with van der Waals surface area (Å²) in [5, 5.41) is 0.986. The minimum Gasteiger partial charge on any atom is -0.370 e. The van der Waals surface area contributed by atoms with Crippen LogP contribution in [0.2, 0.25) is 0 Å². The van der Waals surface area contributed by atoms with Gasteiger partial charge in [0, 0.05) is 11.5 Å². The van der Waals surface area contributed by atoms with Crippen LogP contribution < -0.4 is 11.3 Å². The summed E-state index contributed by atoms with van der Waals surface area (Å²) >= 11 is 1.66. The Kier molecular flexibility index (Phi) is 3.38. The molecule has 1 saturated carbocycles. The first-order valence-corrected chi connectivity index (χ1v) is 7.41. The van der Waals surface area contributed by atoms with Crippen molar-refractivity contribution in [2.75, 3.05) is 12.0 Å². The minimum absolute atomic E-state index is 0.00362. The second kappa shape index (κ2) is 5.03. The normalized spacial score (nSPS) is 16.8. The lowest BCUT2D eigenvalue weighted by molar-refractivity contribution is 0.0404. The van der Waals surface area contributed by atoms with Crippen molar-refractivity contribution >= 4 is 27.4 Å². The van der Waals surface area contributed by atoms with E-state index in [1.54, 1.807) is 11.3 Å². The molecule has 5 nitrogen and oxygen atoms in total. The number of nitrogens with two attached hydrogens (primary N) is 1. The maximum Gasteiger partial charge on any atom is 0.161 e. The van der Waals surface area contributed by atoms with Gasteiger partial charge in [-0.05, 0) is 38.7 Å². The lowest BCUT2D eigenvalue weighted by atomic mass is 10.2. The largest absolute Gasteiger partial charge is 0.370 e. The van der Waals surface area contributed by atoms with Crippen molar-refractivity contribution in [3.05, 3.63) is 16.8 Å². The molecular formula is C13H18N4OS. The number of nitrogens with zero attached hydrogens (tertiary/aromatic N) is 2. The van der Waals surface area contributed by atoms with Crippen LogP contribution in [-0.2, 0) is 4.74 Å². The molecule has 0 radical (unpaired) electrons. The van der Waals surface area contributed by atoms with Crippen LogP contribution in [0.3, 0.4) is 0 Å². The standard InChI is InChI=1S/C13H18N4OS/c1-3-18-10(8-4-5-8)12-15-11(17-14)9-6-7(2)19-13(9)16-12/h6,8,10H,3-5,14H2,1-2H3,(H,15,16,17). The molecule has 0 saturated heterocycles. The molecule has 1 fully saturated rings. The fraction of sp³-hybridized carbons (Fsp3) is 0.538. The number of rotatable bonds is 5. The van der Waals surface area contributed by atoms with E-state index in [-0.39, 0.29) is 6.10 Å². The monoisotopic (exact) mass is 278 g/mol. The van der Waals surface area contributed by atoms with Gasteiger partial charge in [-0.3, -0.25) is 0 Å². The van der Waals surface area contributed by atoms with Crippen molar-refractivity contribution in [3.63, 3.8) is 0 Å². The fourth-order valence-corrected chi connectivity index (χ4v) is 3.18. The minimum atomic E-state index is 0.00362. The molecule has 0 bridgehead atoms. The lowest BCUT2D eigenvalue weighted by Gasteiger charge is -2.15. The summed E-state index contributed by atoms with van der Waals surface area (Å²) in [6.07, 6.45) is 2.39. The van der Waals surface area contributed by atoms with Crippen molar-refractivity contribution in [2.24, 2.45) is 11.8 Å². The van der Waals surface area contributed by atoms with Gasteiger partial charge in [-0.2, -0.15) is 0 Å². The number of anilines is 1. The molecule has 19 heavy (non-hydrogen) atoms. The maximum absolute atomic E-state index is 5.82. The van der Waals surface area contributed by atoms with E-state index >= 15 is 0 Å². The molecule has 2 aromatic heterocycles. The zero-order valence-corrected chi connectivity index (χ0v) is 12.0. The third kappa shape index (κ3) is 2.43. The predicted octanol–water partition coefficient (Wildman–Crippen LogP) is 2.77. The fourth-order valence-electron chi connectivity index (χ4n) is 2.30. The second-order valence-electron chi connectivity index (χ2n) is 4.86. The number of aryl methyl sites for hydroxylation is 1. The van der Waals surface area contributed by atoms with Gasteiger partial charge >= 0.3 is 0 Å². The van der Waals surface area contributed by atoms with Crippen LogP contribution in [0.15, 0.2) is 6.07 Å². The van der Waals surface area contributed by atoms with E-state index in [4.69, 9.17) is 10.6 Å². The Balaban J connectivity index is 2.07. The van der Waals surface area contributed by atoms with Gasteiger partial charge in [-0.1, -0.05) is 0 Å². The summed E-state index contributed by atoms with van der Waals surface area (Å²) in [7, 11) is 0. The zero-order chi connectivity index (χ0) is 13.4. The van der Waals surface area contributed by atoms with Crippen molar-refractivity contribution in [1.29, 1.82) is 0 Å². The van der Waals surface area contributed by atoms with E-state index < -0.39 is 0 Å². The highest BCUT2D eigenvalue weighted by Crippen LogP contribution is 2.43. The van der Waals surface area contributed by atoms with Crippen molar-refractivity contribution < 1.29 is 4.74 Å². The molecule has 1 aliphatic carbocycles. The topological polar surface area (TPSA) is 73.1 Å². The Morgan fingerprint density at radius 1 is 1.53 bits per heavy atom. The van der Waals surface area contributed by atoms with Crippen molar-refractivity contribution in [1.82, 2.24) is 9.97 Å². The molecule has 1 unspecified atom stereocenters. The molecule has 2 aromatic rings. The number of fused-ring (bicyclic) bond motifs is 1. The van der Waals surface area contributed by atoms with E-state index in [0.29, 0.717) is 18.3 Å². The number of ether oxygens (including phenoxy) is 1. The van der Waals surface area contributed by atoms with Gasteiger partial charge in [0.1, 0.15) is 10.9 Å².